The molecule has 2 nitrogen and oxygen atoms in total. The van der Waals surface area contributed by atoms with Gasteiger partial charge in [-0.25, -0.2) is 0 Å². The summed E-state index contributed by atoms with van der Waals surface area (Å²) in [4.78, 5) is 0. The van der Waals surface area contributed by atoms with Gasteiger partial charge in [0.25, 0.3) is 0 Å². The van der Waals surface area contributed by atoms with E-state index in [0.29, 0.717) is 6.42 Å². The van der Waals surface area contributed by atoms with E-state index in [1.165, 1.54) is 0 Å². The molecule has 2 aromatic rings. The Kier molecular flexibility index (Phi) is 4.48. The SMILES string of the molecule is Cc1cc(C2(c3ccc(O)c(C)c3)CCCCC2(Cl)Cl)ccc1O. The molecule has 1 aliphatic carbocycles. The van der Waals surface area contributed by atoms with Gasteiger partial charge in [0.1, 0.15) is 15.8 Å². The predicted molar refractivity (Wildman–Crippen MR) is 99.4 cm³/mol. The average Bonchev–Trinajstić information content (AvgIpc) is 2.53. The normalized spacial score (nSPS) is 19.2. The van der Waals surface area contributed by atoms with Crippen LogP contribution in [0.25, 0.3) is 0 Å². The van der Waals surface area contributed by atoms with Crippen molar-refractivity contribution in [2.75, 3.05) is 0 Å². The van der Waals surface area contributed by atoms with Gasteiger partial charge in [-0.1, -0.05) is 37.1 Å². The Morgan fingerprint density at radius 2 is 1.25 bits per heavy atom. The standard InChI is InChI=1S/C20H22Cl2O2/c1-13-11-15(5-7-17(13)23)19(9-3-4-10-20(19,21)22)16-6-8-18(24)14(2)12-16/h5-8,11-12,23-24H,3-4,9-10H2,1-2H3. The second-order valence-corrected chi connectivity index (χ2v) is 8.30. The first kappa shape index (κ1) is 17.4. The molecule has 0 atom stereocenters. The van der Waals surface area contributed by atoms with Crippen molar-refractivity contribution in [1.82, 2.24) is 0 Å². The number of hydrogen-bond donors (Lipinski definition) is 2. The largest absolute Gasteiger partial charge is 0.508 e. The van der Waals surface area contributed by atoms with Crippen molar-refractivity contribution in [3.8, 4) is 11.5 Å². The van der Waals surface area contributed by atoms with Gasteiger partial charge in [0, 0.05) is 0 Å². The van der Waals surface area contributed by atoms with Gasteiger partial charge in [-0.2, -0.15) is 0 Å². The molecule has 0 unspecified atom stereocenters. The highest BCUT2D eigenvalue weighted by Gasteiger charge is 2.53. The lowest BCUT2D eigenvalue weighted by atomic mass is 9.64. The third-order valence-corrected chi connectivity index (χ3v) is 6.32. The van der Waals surface area contributed by atoms with Crippen LogP contribution in [0.5, 0.6) is 11.5 Å². The van der Waals surface area contributed by atoms with Crippen LogP contribution in [0.3, 0.4) is 0 Å². The Morgan fingerprint density at radius 3 is 1.67 bits per heavy atom. The van der Waals surface area contributed by atoms with Gasteiger partial charge >= 0.3 is 0 Å². The number of alkyl halides is 2. The third-order valence-electron chi connectivity index (χ3n) is 5.30. The van der Waals surface area contributed by atoms with E-state index < -0.39 is 9.75 Å². The number of aromatic hydroxyl groups is 2. The summed E-state index contributed by atoms with van der Waals surface area (Å²) >= 11 is 13.8. The molecule has 0 radical (unpaired) electrons. The maximum absolute atomic E-state index is 9.91. The first-order valence-electron chi connectivity index (χ1n) is 8.26. The fourth-order valence-corrected chi connectivity index (χ4v) is 4.75. The van der Waals surface area contributed by atoms with E-state index in [0.717, 1.165) is 41.5 Å². The summed E-state index contributed by atoms with van der Waals surface area (Å²) in [5, 5.41) is 19.8. The molecule has 0 aliphatic heterocycles. The molecule has 0 spiro atoms. The predicted octanol–water partition coefficient (Wildman–Crippen LogP) is 5.75. The molecule has 24 heavy (non-hydrogen) atoms. The van der Waals surface area contributed by atoms with E-state index in [4.69, 9.17) is 23.2 Å². The highest BCUT2D eigenvalue weighted by Crippen LogP contribution is 2.57. The third kappa shape index (κ3) is 2.66. The van der Waals surface area contributed by atoms with E-state index in [1.54, 1.807) is 12.1 Å². The Labute approximate surface area is 153 Å². The summed E-state index contributed by atoms with van der Waals surface area (Å²) in [6, 6.07) is 11.2. The zero-order valence-corrected chi connectivity index (χ0v) is 15.5. The molecule has 2 N–H and O–H groups in total. The highest BCUT2D eigenvalue weighted by molar-refractivity contribution is 6.49. The number of phenolic OH excluding ortho intramolecular Hbond substituents is 2. The number of benzene rings is 2. The number of aryl methyl sites for hydroxylation is 2. The topological polar surface area (TPSA) is 40.5 Å². The fraction of sp³-hybridized carbons (Fsp3) is 0.400. The Balaban J connectivity index is 2.28. The van der Waals surface area contributed by atoms with Gasteiger partial charge in [-0.3, -0.25) is 0 Å². The van der Waals surface area contributed by atoms with Crippen LogP contribution in [0.2, 0.25) is 0 Å². The van der Waals surface area contributed by atoms with Gasteiger partial charge < -0.3 is 10.2 Å². The van der Waals surface area contributed by atoms with E-state index in [1.807, 2.05) is 38.1 Å². The van der Waals surface area contributed by atoms with Gasteiger partial charge in [-0.15, -0.1) is 23.2 Å². The van der Waals surface area contributed by atoms with Crippen molar-refractivity contribution >= 4 is 23.2 Å². The number of phenols is 2. The van der Waals surface area contributed by atoms with Crippen molar-refractivity contribution in [2.45, 2.75) is 49.3 Å². The summed E-state index contributed by atoms with van der Waals surface area (Å²) in [5.41, 5.74) is 3.06. The van der Waals surface area contributed by atoms with E-state index in [2.05, 4.69) is 0 Å². The molecular formula is C20H22Cl2O2. The molecule has 1 saturated carbocycles. The molecule has 3 rings (SSSR count). The number of rotatable bonds is 2. The number of hydrogen-bond acceptors (Lipinski definition) is 2. The Bertz CT molecular complexity index is 717. The van der Waals surface area contributed by atoms with Crippen LogP contribution in [0.4, 0.5) is 0 Å². The zero-order chi connectivity index (χ0) is 17.5. The average molecular weight is 365 g/mol. The molecule has 0 bridgehead atoms. The van der Waals surface area contributed by atoms with E-state index in [-0.39, 0.29) is 11.5 Å². The van der Waals surface area contributed by atoms with Crippen molar-refractivity contribution in [1.29, 1.82) is 0 Å². The molecule has 0 amide bonds. The monoisotopic (exact) mass is 364 g/mol. The van der Waals surface area contributed by atoms with Crippen LogP contribution in [0, 0.1) is 13.8 Å². The Morgan fingerprint density at radius 1 is 0.792 bits per heavy atom. The maximum atomic E-state index is 9.91. The van der Waals surface area contributed by atoms with Crippen LogP contribution < -0.4 is 0 Å². The molecule has 128 valence electrons. The van der Waals surface area contributed by atoms with Crippen LogP contribution in [-0.2, 0) is 5.41 Å². The smallest absolute Gasteiger partial charge is 0.131 e. The van der Waals surface area contributed by atoms with Crippen LogP contribution >= 0.6 is 23.2 Å². The summed E-state index contributed by atoms with van der Waals surface area (Å²) in [6.07, 6.45) is 3.55. The quantitative estimate of drug-likeness (QED) is 0.666. The second-order valence-electron chi connectivity index (χ2n) is 6.82. The van der Waals surface area contributed by atoms with Gasteiger partial charge in [0.2, 0.25) is 0 Å². The first-order valence-corrected chi connectivity index (χ1v) is 9.01. The molecule has 1 aliphatic rings. The van der Waals surface area contributed by atoms with Crippen LogP contribution in [-0.4, -0.2) is 14.5 Å². The van der Waals surface area contributed by atoms with Crippen molar-refractivity contribution in [3.05, 3.63) is 58.7 Å². The molecule has 4 heteroatoms. The van der Waals surface area contributed by atoms with Crippen molar-refractivity contribution in [3.63, 3.8) is 0 Å². The van der Waals surface area contributed by atoms with Crippen LogP contribution in [0.1, 0.15) is 47.9 Å². The van der Waals surface area contributed by atoms with Crippen molar-refractivity contribution in [2.24, 2.45) is 0 Å². The summed E-state index contributed by atoms with van der Waals surface area (Å²) in [6.45, 7) is 3.75. The number of halogens is 2. The fourth-order valence-electron chi connectivity index (χ4n) is 3.85. The van der Waals surface area contributed by atoms with Gasteiger partial charge in [0.05, 0.1) is 5.41 Å². The van der Waals surface area contributed by atoms with Crippen LogP contribution in [0.15, 0.2) is 36.4 Å². The van der Waals surface area contributed by atoms with E-state index in [9.17, 15) is 10.2 Å². The molecule has 0 aromatic heterocycles. The second kappa shape index (κ2) is 6.16. The summed E-state index contributed by atoms with van der Waals surface area (Å²) in [5.74, 6) is 0.530. The molecular weight excluding hydrogens is 343 g/mol. The van der Waals surface area contributed by atoms with Crippen molar-refractivity contribution < 1.29 is 10.2 Å². The summed E-state index contributed by atoms with van der Waals surface area (Å²) < 4.78 is -0.946. The minimum absolute atomic E-state index is 0.265. The minimum Gasteiger partial charge on any atom is -0.508 e. The molecule has 2 aromatic carbocycles. The lowest BCUT2D eigenvalue weighted by Gasteiger charge is -2.48. The first-order chi connectivity index (χ1) is 11.3. The highest BCUT2D eigenvalue weighted by atomic mass is 35.5. The molecule has 1 fully saturated rings. The zero-order valence-electron chi connectivity index (χ0n) is 13.9. The van der Waals surface area contributed by atoms with E-state index >= 15 is 0 Å². The maximum Gasteiger partial charge on any atom is 0.131 e. The van der Waals surface area contributed by atoms with Gasteiger partial charge in [0.15, 0.2) is 0 Å². The Hall–Kier alpha value is -1.38. The molecule has 0 heterocycles. The lowest BCUT2D eigenvalue weighted by molar-refractivity contribution is 0.322. The lowest BCUT2D eigenvalue weighted by Crippen LogP contribution is -2.47. The minimum atomic E-state index is -0.946. The van der Waals surface area contributed by atoms with Gasteiger partial charge in [-0.05, 0) is 61.1 Å². The summed E-state index contributed by atoms with van der Waals surface area (Å²) in [7, 11) is 0. The molecule has 0 saturated heterocycles.